The van der Waals surface area contributed by atoms with Crippen LogP contribution in [0.2, 0.25) is 0 Å². The molecule has 0 aliphatic carbocycles. The van der Waals surface area contributed by atoms with E-state index in [-0.39, 0.29) is 20.1 Å². The van der Waals surface area contributed by atoms with Crippen molar-refractivity contribution in [3.8, 4) is 0 Å². The number of carbonyl (C=O) groups excluding carboxylic acids is 1. The van der Waals surface area contributed by atoms with Crippen molar-refractivity contribution in [3.05, 3.63) is 86.2 Å². The Morgan fingerprint density at radius 1 is 0.714 bits per heavy atom. The van der Waals surface area contributed by atoms with Crippen LogP contribution in [-0.2, 0) is 24.9 Å². The number of nitrogens with zero attached hydrogens (tertiary/aromatic N) is 6. The summed E-state index contributed by atoms with van der Waals surface area (Å²) in [7, 11) is 2.02. The minimum Gasteiger partial charge on any atom is -0.545 e. The zero-order valence-corrected chi connectivity index (χ0v) is 16.9. The van der Waals surface area contributed by atoms with Gasteiger partial charge in [-0.3, -0.25) is 6.79 Å². The minimum absolute atomic E-state index is 0. The van der Waals surface area contributed by atoms with Gasteiger partial charge in [0.1, 0.15) is 11.6 Å². The number of rotatable bonds is 2. The Morgan fingerprint density at radius 3 is 1.39 bits per heavy atom. The predicted octanol–water partition coefficient (Wildman–Crippen LogP) is 3.22. The van der Waals surface area contributed by atoms with Gasteiger partial charge in [0.2, 0.25) is 0 Å². The Kier molecular flexibility index (Phi) is 11.9. The van der Waals surface area contributed by atoms with Gasteiger partial charge in [-0.1, -0.05) is 24.3 Å². The van der Waals surface area contributed by atoms with Gasteiger partial charge in [-0.05, 0) is 36.4 Å². The molecule has 1 aliphatic rings. The first-order valence-corrected chi connectivity index (χ1v) is 7.46. The summed E-state index contributed by atoms with van der Waals surface area (Å²) in [6.45, 7) is 12.8. The Morgan fingerprint density at radius 2 is 1.07 bits per heavy atom. The summed E-state index contributed by atoms with van der Waals surface area (Å²) in [5.41, 5.74) is 2.20. The van der Waals surface area contributed by atoms with Gasteiger partial charge in [-0.2, -0.15) is 0 Å². The number of aromatic nitrogens is 2. The molecule has 137 valence electrons. The third-order valence-electron chi connectivity index (χ3n) is 3.42. The molecule has 1 aromatic carbocycles. The number of pyridine rings is 2. The fourth-order valence-corrected chi connectivity index (χ4v) is 2.47. The first-order chi connectivity index (χ1) is 13.4. The van der Waals surface area contributed by atoms with Crippen LogP contribution in [0, 0.1) is 23.7 Å². The second-order valence-electron chi connectivity index (χ2n) is 4.72. The zero-order chi connectivity index (χ0) is 20.1. The van der Waals surface area contributed by atoms with Crippen LogP contribution in [0.1, 0.15) is 0 Å². The van der Waals surface area contributed by atoms with E-state index < -0.39 is 0 Å². The third-order valence-corrected chi connectivity index (χ3v) is 3.42. The number of anilines is 4. The van der Waals surface area contributed by atoms with Crippen LogP contribution < -0.4 is 9.62 Å². The Hall–Kier alpha value is -3.52. The molecule has 1 radical (unpaired) electrons. The second-order valence-corrected chi connectivity index (χ2v) is 4.72. The van der Waals surface area contributed by atoms with Crippen LogP contribution in [0.3, 0.4) is 0 Å². The summed E-state index contributed by atoms with van der Waals surface area (Å²) in [5, 5.41) is 12.5. The standard InChI is InChI=1S/C16H12BN4.2CN.CHO.Ir/c1-2-8-14-13(7-1)20(15-9-3-5-11-18-15)17-21(14)16-10-4-6-12-19-16;3*1-2;/h1-12H;;;1H;/q;3*-1;+3. The van der Waals surface area contributed by atoms with E-state index in [0.717, 1.165) is 23.0 Å². The van der Waals surface area contributed by atoms with Crippen molar-refractivity contribution in [3.63, 3.8) is 0 Å². The monoisotopic (exact) mass is 545 g/mol. The molecule has 0 atom stereocenters. The van der Waals surface area contributed by atoms with E-state index in [2.05, 4.69) is 38.5 Å². The molecule has 2 aromatic heterocycles. The summed E-state index contributed by atoms with van der Waals surface area (Å²) in [4.78, 5) is 20.8. The number of fused-ring (bicyclic) bond motifs is 1. The van der Waals surface area contributed by atoms with E-state index in [0.29, 0.717) is 0 Å². The van der Waals surface area contributed by atoms with Gasteiger partial charge >= 0.3 is 27.7 Å². The van der Waals surface area contributed by atoms with Crippen LogP contribution in [0.4, 0.5) is 23.0 Å². The summed E-state index contributed by atoms with van der Waals surface area (Å²) in [5.74, 6) is 1.78. The van der Waals surface area contributed by atoms with Crippen LogP contribution in [-0.4, -0.2) is 24.3 Å². The smallest absolute Gasteiger partial charge is 0.545 e. The van der Waals surface area contributed by atoms with E-state index in [4.69, 9.17) is 28.5 Å². The van der Waals surface area contributed by atoms with Crippen LogP contribution >= 0.6 is 0 Å². The Bertz CT molecular complexity index is 793. The molecule has 3 aromatic rings. The summed E-state index contributed by atoms with van der Waals surface area (Å²) < 4.78 is 0. The second kappa shape index (κ2) is 13.7. The molecular formula is C19H13BIrN6O. The van der Waals surface area contributed by atoms with Gasteiger partial charge in [0.15, 0.2) is 0 Å². The van der Waals surface area contributed by atoms with Crippen molar-refractivity contribution < 1.29 is 24.9 Å². The molecule has 0 unspecified atom stereocenters. The molecule has 3 heterocycles. The average Bonchev–Trinajstić information content (AvgIpc) is 3.19. The molecule has 0 saturated heterocycles. The van der Waals surface area contributed by atoms with Crippen molar-refractivity contribution in [2.75, 3.05) is 9.62 Å². The van der Waals surface area contributed by atoms with Crippen molar-refractivity contribution in [1.29, 1.82) is 10.5 Å². The topological polar surface area (TPSA) is 96.9 Å². The van der Waals surface area contributed by atoms with E-state index in [1.807, 2.05) is 56.1 Å². The van der Waals surface area contributed by atoms with Gasteiger partial charge in [-0.15, -0.1) is 0 Å². The summed E-state index contributed by atoms with van der Waals surface area (Å²) in [6, 6.07) is 20.0. The number of hydrogen-bond donors (Lipinski definition) is 0. The largest absolute Gasteiger partial charge is 3.00 e. The number of para-hydroxylation sites is 2. The van der Waals surface area contributed by atoms with Gasteiger partial charge in [0, 0.05) is 12.4 Å². The van der Waals surface area contributed by atoms with Gasteiger partial charge in [0.25, 0.3) is 0 Å². The van der Waals surface area contributed by atoms with Gasteiger partial charge < -0.3 is 38.1 Å². The fraction of sp³-hybridized carbons (Fsp3) is 0. The molecule has 0 amide bonds. The molecular weight excluding hydrogens is 531 g/mol. The zero-order valence-electron chi connectivity index (χ0n) is 14.5. The van der Waals surface area contributed by atoms with E-state index in [1.54, 1.807) is 12.4 Å². The quantitative estimate of drug-likeness (QED) is 0.278. The van der Waals surface area contributed by atoms with Crippen LogP contribution in [0.5, 0.6) is 0 Å². The summed E-state index contributed by atoms with van der Waals surface area (Å²) in [6.07, 6.45) is 3.60. The molecule has 0 fully saturated rings. The number of hydrogen-bond acceptors (Lipinski definition) is 7. The SMILES string of the molecule is [B]1N(c2ccccn2)c2ccccc2N1c1ccccn1.[C-]#N.[C-]#N.[CH-]=O.[Ir+3]. The van der Waals surface area contributed by atoms with E-state index >= 15 is 0 Å². The molecule has 4 rings (SSSR count). The summed E-state index contributed by atoms with van der Waals surface area (Å²) >= 11 is 0. The molecule has 1 aliphatic heterocycles. The maximum absolute atomic E-state index is 7.75. The van der Waals surface area contributed by atoms with Crippen LogP contribution in [0.25, 0.3) is 0 Å². The van der Waals surface area contributed by atoms with Crippen molar-refractivity contribution in [1.82, 2.24) is 9.97 Å². The predicted molar refractivity (Wildman–Crippen MR) is 102 cm³/mol. The molecule has 9 heteroatoms. The molecule has 0 saturated carbocycles. The first-order valence-electron chi connectivity index (χ1n) is 7.46. The molecule has 0 bridgehead atoms. The van der Waals surface area contributed by atoms with Crippen molar-refractivity contribution in [2.24, 2.45) is 0 Å². The van der Waals surface area contributed by atoms with E-state index in [1.165, 1.54) is 0 Å². The average molecular weight is 544 g/mol. The van der Waals surface area contributed by atoms with Crippen molar-refractivity contribution >= 4 is 37.3 Å². The molecule has 28 heavy (non-hydrogen) atoms. The molecule has 0 spiro atoms. The maximum Gasteiger partial charge on any atom is 3.00 e. The normalized spacial score (nSPS) is 10.0. The third kappa shape index (κ3) is 5.49. The van der Waals surface area contributed by atoms with Gasteiger partial charge in [-0.25, -0.2) is 9.97 Å². The van der Waals surface area contributed by atoms with E-state index in [9.17, 15) is 0 Å². The van der Waals surface area contributed by atoms with Crippen LogP contribution in [0.15, 0.2) is 73.1 Å². The fourth-order valence-electron chi connectivity index (χ4n) is 2.47. The Balaban J connectivity index is 0.000000957. The molecule has 7 nitrogen and oxygen atoms in total. The Labute approximate surface area is 178 Å². The van der Waals surface area contributed by atoms with Crippen molar-refractivity contribution in [2.45, 2.75) is 0 Å². The minimum atomic E-state index is 0. The maximum atomic E-state index is 7.75. The first kappa shape index (κ1) is 24.5. The number of benzene rings is 1. The van der Waals surface area contributed by atoms with Gasteiger partial charge in [0.05, 0.1) is 11.4 Å². The molecule has 0 N–H and O–H groups in total.